The normalized spacial score (nSPS) is 10.1. The zero-order valence-corrected chi connectivity index (χ0v) is 12.7. The van der Waals surface area contributed by atoms with E-state index in [1.807, 2.05) is 0 Å². The van der Waals surface area contributed by atoms with Crippen LogP contribution in [0.25, 0.3) is 0 Å². The smallest absolute Gasteiger partial charge is 0.383 e. The summed E-state index contributed by atoms with van der Waals surface area (Å²) in [6, 6.07) is 0. The van der Waals surface area contributed by atoms with E-state index in [9.17, 15) is 8.42 Å². The van der Waals surface area contributed by atoms with E-state index >= 15 is 0 Å². The van der Waals surface area contributed by atoms with E-state index in [1.165, 1.54) is 14.2 Å². The maximum Gasteiger partial charge on any atom is 0.413 e. The van der Waals surface area contributed by atoms with Gasteiger partial charge in [0.1, 0.15) is 0 Å². The van der Waals surface area contributed by atoms with Crippen LogP contribution >= 0.6 is 37.2 Å². The molecule has 0 aliphatic carbocycles. The first kappa shape index (κ1) is 26.2. The predicted octanol–water partition coefficient (Wildman–Crippen LogP) is 0.581. The zero-order chi connectivity index (χ0) is 11.0. The molecule has 7 nitrogen and oxygen atoms in total. The molecule has 0 unspecified atom stereocenters. The molecule has 0 aromatic heterocycles. The molecule has 0 amide bonds. The van der Waals surface area contributed by atoms with Crippen molar-refractivity contribution in [1.29, 1.82) is 0 Å². The van der Waals surface area contributed by atoms with Crippen molar-refractivity contribution in [2.24, 2.45) is 0 Å². The molecule has 0 atom stereocenters. The van der Waals surface area contributed by atoms with Gasteiger partial charge < -0.3 is 9.47 Å². The maximum absolute atomic E-state index is 10.4. The third-order valence-corrected chi connectivity index (χ3v) is 1.69. The lowest BCUT2D eigenvalue weighted by Crippen LogP contribution is -2.33. The summed E-state index contributed by atoms with van der Waals surface area (Å²) in [6.07, 6.45) is 0. The Morgan fingerprint density at radius 2 is 1.35 bits per heavy atom. The second kappa shape index (κ2) is 14.7. The predicted molar refractivity (Wildman–Crippen MR) is 69.7 cm³/mol. The van der Waals surface area contributed by atoms with Crippen LogP contribution in [0.2, 0.25) is 0 Å². The van der Waals surface area contributed by atoms with Crippen molar-refractivity contribution < 1.29 is 26.7 Å². The molecule has 0 bridgehead atoms. The summed E-state index contributed by atoms with van der Waals surface area (Å²) in [5.74, 6) is 0. The van der Waals surface area contributed by atoms with Crippen molar-refractivity contribution in [3.05, 3.63) is 0 Å². The standard InChI is InChI=1S/C6H15NO6S.3ClH/c1-11-5-3-7(4-6-12-2)13-14(8,9)10;;;/h3-6H2,1-2H3,(H,8,9,10);3*1H. The number of hydroxylamine groups is 2. The van der Waals surface area contributed by atoms with Gasteiger partial charge in [0.2, 0.25) is 0 Å². The van der Waals surface area contributed by atoms with Crippen LogP contribution in [-0.2, 0) is 24.2 Å². The Morgan fingerprint density at radius 3 is 1.59 bits per heavy atom. The van der Waals surface area contributed by atoms with Crippen molar-refractivity contribution >= 4 is 47.6 Å². The van der Waals surface area contributed by atoms with Crippen LogP contribution in [-0.4, -0.2) is 58.6 Å². The first-order valence-electron chi connectivity index (χ1n) is 3.89. The number of ether oxygens (including phenoxy) is 2. The number of nitrogens with zero attached hydrogens (tertiary/aromatic N) is 1. The molecule has 0 saturated heterocycles. The average molecular weight is 339 g/mol. The third kappa shape index (κ3) is 19.2. The number of hydrogen-bond acceptors (Lipinski definition) is 6. The van der Waals surface area contributed by atoms with Crippen LogP contribution in [0.15, 0.2) is 0 Å². The highest BCUT2D eigenvalue weighted by Gasteiger charge is 2.13. The van der Waals surface area contributed by atoms with Gasteiger partial charge in [-0.15, -0.1) is 37.2 Å². The lowest BCUT2D eigenvalue weighted by atomic mass is 10.6. The van der Waals surface area contributed by atoms with Crippen molar-refractivity contribution in [2.45, 2.75) is 0 Å². The Bertz CT molecular complexity index is 232. The fourth-order valence-corrected chi connectivity index (χ4v) is 1.12. The molecule has 11 heteroatoms. The first-order chi connectivity index (χ1) is 6.49. The summed E-state index contributed by atoms with van der Waals surface area (Å²) in [7, 11) is -1.52. The van der Waals surface area contributed by atoms with Gasteiger partial charge in [0.15, 0.2) is 0 Å². The third-order valence-electron chi connectivity index (χ3n) is 1.29. The van der Waals surface area contributed by atoms with E-state index < -0.39 is 10.4 Å². The molecule has 0 fully saturated rings. The zero-order valence-electron chi connectivity index (χ0n) is 9.40. The Kier molecular flexibility index (Phi) is 22.7. The van der Waals surface area contributed by atoms with Gasteiger partial charge >= 0.3 is 10.4 Å². The molecule has 0 saturated carbocycles. The summed E-state index contributed by atoms with van der Waals surface area (Å²) >= 11 is 0. The minimum atomic E-state index is -4.47. The van der Waals surface area contributed by atoms with E-state index in [-0.39, 0.29) is 50.3 Å². The van der Waals surface area contributed by atoms with Crippen LogP contribution in [0, 0.1) is 0 Å². The summed E-state index contributed by atoms with van der Waals surface area (Å²) < 4.78 is 42.9. The van der Waals surface area contributed by atoms with Gasteiger partial charge in [-0.25, -0.2) is 0 Å². The largest absolute Gasteiger partial charge is 0.413 e. The molecule has 0 radical (unpaired) electrons. The van der Waals surface area contributed by atoms with E-state index in [0.717, 1.165) is 5.06 Å². The van der Waals surface area contributed by atoms with Crippen molar-refractivity contribution in [2.75, 3.05) is 40.5 Å². The highest BCUT2D eigenvalue weighted by atomic mass is 35.5. The fourth-order valence-electron chi connectivity index (χ4n) is 0.706. The summed E-state index contributed by atoms with van der Waals surface area (Å²) in [6.45, 7) is 1.03. The molecule has 0 spiro atoms. The van der Waals surface area contributed by atoms with Crippen molar-refractivity contribution in [3.8, 4) is 0 Å². The molecule has 17 heavy (non-hydrogen) atoms. The average Bonchev–Trinajstić information content (AvgIpc) is 2.07. The monoisotopic (exact) mass is 337 g/mol. The maximum atomic E-state index is 10.4. The van der Waals surface area contributed by atoms with Crippen LogP contribution < -0.4 is 0 Å². The second-order valence-electron chi connectivity index (χ2n) is 2.42. The minimum absolute atomic E-state index is 0. The molecule has 0 heterocycles. The van der Waals surface area contributed by atoms with Gasteiger partial charge in [-0.1, -0.05) is 0 Å². The molecule has 1 N–H and O–H groups in total. The molecule has 0 aromatic rings. The van der Waals surface area contributed by atoms with Crippen LogP contribution in [0.5, 0.6) is 0 Å². The lowest BCUT2D eigenvalue weighted by molar-refractivity contribution is -0.0839. The summed E-state index contributed by atoms with van der Waals surface area (Å²) in [5, 5.41) is 1.04. The number of halogens is 3. The van der Waals surface area contributed by atoms with E-state index in [2.05, 4.69) is 4.28 Å². The van der Waals surface area contributed by atoms with Crippen LogP contribution in [0.3, 0.4) is 0 Å². The first-order valence-corrected chi connectivity index (χ1v) is 5.26. The molecule has 0 aliphatic heterocycles. The van der Waals surface area contributed by atoms with Gasteiger partial charge in [0, 0.05) is 27.3 Å². The van der Waals surface area contributed by atoms with Gasteiger partial charge in [-0.05, 0) is 0 Å². The second-order valence-corrected chi connectivity index (χ2v) is 3.42. The molecule has 0 aromatic carbocycles. The minimum Gasteiger partial charge on any atom is -0.383 e. The quantitative estimate of drug-likeness (QED) is 0.512. The molecule has 0 aliphatic rings. The molecule has 110 valence electrons. The van der Waals surface area contributed by atoms with E-state index in [0.29, 0.717) is 13.2 Å². The Balaban J connectivity index is -0.000000282. The van der Waals surface area contributed by atoms with Gasteiger partial charge in [-0.2, -0.15) is 17.8 Å². The number of methoxy groups -OCH3 is 2. The highest BCUT2D eigenvalue weighted by Crippen LogP contribution is 1.96. The summed E-state index contributed by atoms with van der Waals surface area (Å²) in [4.78, 5) is 0. The number of hydrogen-bond donors (Lipinski definition) is 1. The topological polar surface area (TPSA) is 85.3 Å². The summed E-state index contributed by atoms with van der Waals surface area (Å²) in [5.41, 5.74) is 0. The molecule has 0 rings (SSSR count). The Labute approximate surface area is 120 Å². The highest BCUT2D eigenvalue weighted by molar-refractivity contribution is 7.80. The molecular weight excluding hydrogens is 320 g/mol. The lowest BCUT2D eigenvalue weighted by Gasteiger charge is -2.17. The van der Waals surface area contributed by atoms with Crippen LogP contribution in [0.4, 0.5) is 0 Å². The van der Waals surface area contributed by atoms with Crippen molar-refractivity contribution in [3.63, 3.8) is 0 Å². The van der Waals surface area contributed by atoms with E-state index in [1.54, 1.807) is 0 Å². The number of rotatable bonds is 8. The van der Waals surface area contributed by atoms with Gasteiger partial charge in [0.25, 0.3) is 0 Å². The van der Waals surface area contributed by atoms with E-state index in [4.69, 9.17) is 14.0 Å². The van der Waals surface area contributed by atoms with Crippen molar-refractivity contribution in [1.82, 2.24) is 5.06 Å². The SMILES string of the molecule is COCCN(CCOC)OS(=O)(=O)O.Cl.Cl.Cl. The Hall–Kier alpha value is 0.620. The van der Waals surface area contributed by atoms with Gasteiger partial charge in [-0.3, -0.25) is 4.55 Å². The fraction of sp³-hybridized carbons (Fsp3) is 1.00. The van der Waals surface area contributed by atoms with Gasteiger partial charge in [0.05, 0.1) is 13.2 Å². The molecular formula is C6H18Cl3NO6S. The van der Waals surface area contributed by atoms with Crippen LogP contribution in [0.1, 0.15) is 0 Å². The Morgan fingerprint density at radius 1 is 1.00 bits per heavy atom.